The zero-order valence-electron chi connectivity index (χ0n) is 6.46. The van der Waals surface area contributed by atoms with Gasteiger partial charge in [0, 0.05) is 19.4 Å². The molecule has 0 aliphatic rings. The molecule has 0 amide bonds. The molecular weight excluding hydrogens is 144 g/mol. The number of methoxy groups -OCH3 is 1. The lowest BCUT2D eigenvalue weighted by molar-refractivity contribution is 0.397. The summed E-state index contributed by atoms with van der Waals surface area (Å²) in [5.74, 6) is 1.05. The van der Waals surface area contributed by atoms with Crippen molar-refractivity contribution in [1.82, 2.24) is 15.4 Å². The number of nitrogens with one attached hydrogen (secondary N) is 2. The van der Waals surface area contributed by atoms with E-state index in [1.807, 2.05) is 0 Å². The van der Waals surface area contributed by atoms with E-state index in [9.17, 15) is 0 Å². The largest absolute Gasteiger partial charge is 0.478 e. The zero-order chi connectivity index (χ0) is 8.10. The van der Waals surface area contributed by atoms with Crippen LogP contribution in [0.15, 0.2) is 12.4 Å². The zero-order valence-corrected chi connectivity index (χ0v) is 6.46. The summed E-state index contributed by atoms with van der Waals surface area (Å²) in [6.07, 6.45) is 3.15. The van der Waals surface area contributed by atoms with Crippen LogP contribution in [0.3, 0.4) is 0 Å². The van der Waals surface area contributed by atoms with Crippen LogP contribution >= 0.6 is 0 Å². The number of aromatic nitrogens is 2. The first-order valence-corrected chi connectivity index (χ1v) is 3.16. The molecule has 1 heterocycles. The monoisotopic (exact) mass is 154 g/mol. The van der Waals surface area contributed by atoms with Gasteiger partial charge < -0.3 is 10.2 Å². The second-order valence-electron chi connectivity index (χ2n) is 1.79. The fourth-order valence-corrected chi connectivity index (χ4v) is 0.679. The second kappa shape index (κ2) is 3.72. The van der Waals surface area contributed by atoms with Crippen LogP contribution in [0.5, 0.6) is 5.88 Å². The number of nitrogens with zero attached hydrogens (tertiary/aromatic N) is 2. The van der Waals surface area contributed by atoms with Gasteiger partial charge in [0.2, 0.25) is 5.82 Å². The first-order chi connectivity index (χ1) is 5.38. The normalized spacial score (nSPS) is 9.27. The van der Waals surface area contributed by atoms with Crippen LogP contribution in [-0.4, -0.2) is 24.1 Å². The number of hydrazine groups is 1. The van der Waals surface area contributed by atoms with E-state index in [1.165, 1.54) is 0 Å². The lowest BCUT2D eigenvalue weighted by atomic mass is 10.6. The van der Waals surface area contributed by atoms with E-state index in [-0.39, 0.29) is 0 Å². The summed E-state index contributed by atoms with van der Waals surface area (Å²) < 4.78 is 4.92. The first-order valence-electron chi connectivity index (χ1n) is 3.16. The van der Waals surface area contributed by atoms with Crippen molar-refractivity contribution in [1.29, 1.82) is 0 Å². The lowest BCUT2D eigenvalue weighted by Crippen LogP contribution is -2.17. The Balaban J connectivity index is 2.83. The van der Waals surface area contributed by atoms with Crippen LogP contribution < -0.4 is 15.6 Å². The quantitative estimate of drug-likeness (QED) is 0.601. The Morgan fingerprint density at radius 2 is 2.09 bits per heavy atom. The summed E-state index contributed by atoms with van der Waals surface area (Å²) in [6, 6.07) is 0. The van der Waals surface area contributed by atoms with Crippen LogP contribution in [-0.2, 0) is 0 Å². The van der Waals surface area contributed by atoms with Crippen molar-refractivity contribution in [2.75, 3.05) is 19.6 Å². The van der Waals surface area contributed by atoms with Crippen molar-refractivity contribution in [2.24, 2.45) is 0 Å². The molecule has 0 fully saturated rings. The van der Waals surface area contributed by atoms with Crippen LogP contribution in [0.25, 0.3) is 0 Å². The van der Waals surface area contributed by atoms with Crippen molar-refractivity contribution in [3.63, 3.8) is 0 Å². The van der Waals surface area contributed by atoms with Gasteiger partial charge in [-0.05, 0) is 0 Å². The molecule has 0 aromatic carbocycles. The molecule has 11 heavy (non-hydrogen) atoms. The Labute approximate surface area is 64.8 Å². The highest BCUT2D eigenvalue weighted by molar-refractivity contribution is 5.43. The molecule has 0 aliphatic carbocycles. The molecule has 0 aliphatic heterocycles. The Morgan fingerprint density at radius 3 is 2.73 bits per heavy atom. The molecule has 1 aromatic heterocycles. The molecule has 0 spiro atoms. The molecule has 2 N–H and O–H groups in total. The molecule has 5 nitrogen and oxygen atoms in total. The van der Waals surface area contributed by atoms with Crippen molar-refractivity contribution in [2.45, 2.75) is 0 Å². The van der Waals surface area contributed by atoms with Crippen molar-refractivity contribution in [3.8, 4) is 5.88 Å². The van der Waals surface area contributed by atoms with E-state index in [0.29, 0.717) is 11.7 Å². The predicted molar refractivity (Wildman–Crippen MR) is 41.3 cm³/mol. The summed E-state index contributed by atoms with van der Waals surface area (Å²) in [4.78, 5) is 7.91. The van der Waals surface area contributed by atoms with E-state index in [4.69, 9.17) is 4.74 Å². The second-order valence-corrected chi connectivity index (χ2v) is 1.79. The average Bonchev–Trinajstić information content (AvgIpc) is 2.06. The van der Waals surface area contributed by atoms with Crippen molar-refractivity contribution >= 4 is 5.82 Å². The van der Waals surface area contributed by atoms with Gasteiger partial charge in [-0.15, -0.1) is 0 Å². The molecule has 0 radical (unpaired) electrons. The third-order valence-electron chi connectivity index (χ3n) is 1.10. The Bertz CT molecular complexity index is 228. The SMILES string of the molecule is CNNc1nccnc1OC. The van der Waals surface area contributed by atoms with Crippen LogP contribution in [0, 0.1) is 0 Å². The minimum absolute atomic E-state index is 0.474. The van der Waals surface area contributed by atoms with E-state index >= 15 is 0 Å². The maximum Gasteiger partial charge on any atom is 0.258 e. The van der Waals surface area contributed by atoms with E-state index in [0.717, 1.165) is 0 Å². The van der Waals surface area contributed by atoms with Gasteiger partial charge in [0.25, 0.3) is 5.88 Å². The molecule has 60 valence electrons. The summed E-state index contributed by atoms with van der Waals surface area (Å²) in [7, 11) is 3.29. The molecule has 1 aromatic rings. The number of ether oxygens (including phenoxy) is 1. The predicted octanol–water partition coefficient (Wildman–Crippen LogP) is 0.0315. The van der Waals surface area contributed by atoms with Gasteiger partial charge in [-0.25, -0.2) is 15.4 Å². The molecule has 0 atom stereocenters. The van der Waals surface area contributed by atoms with Gasteiger partial charge in [-0.1, -0.05) is 0 Å². The number of hydrogen-bond acceptors (Lipinski definition) is 5. The fourth-order valence-electron chi connectivity index (χ4n) is 0.679. The molecule has 1 rings (SSSR count). The minimum Gasteiger partial charge on any atom is -0.478 e. The van der Waals surface area contributed by atoms with Crippen molar-refractivity contribution < 1.29 is 4.74 Å². The molecule has 5 heteroatoms. The van der Waals surface area contributed by atoms with E-state index in [1.54, 1.807) is 26.6 Å². The van der Waals surface area contributed by atoms with Gasteiger partial charge in [0.05, 0.1) is 7.11 Å². The maximum atomic E-state index is 4.92. The molecular formula is C6H10N4O. The van der Waals surface area contributed by atoms with E-state index < -0.39 is 0 Å². The first kappa shape index (κ1) is 7.74. The maximum absolute atomic E-state index is 4.92. The third-order valence-corrected chi connectivity index (χ3v) is 1.10. The number of hydrogen-bond donors (Lipinski definition) is 2. The Morgan fingerprint density at radius 1 is 1.36 bits per heavy atom. The minimum atomic E-state index is 0.474. The van der Waals surface area contributed by atoms with Crippen molar-refractivity contribution in [3.05, 3.63) is 12.4 Å². The van der Waals surface area contributed by atoms with Gasteiger partial charge in [0.15, 0.2) is 0 Å². The molecule has 0 bridgehead atoms. The third kappa shape index (κ3) is 1.78. The number of anilines is 1. The lowest BCUT2D eigenvalue weighted by Gasteiger charge is -2.05. The molecule has 0 unspecified atom stereocenters. The van der Waals surface area contributed by atoms with Crippen LogP contribution in [0.2, 0.25) is 0 Å². The summed E-state index contributed by atoms with van der Waals surface area (Å²) >= 11 is 0. The standard InChI is InChI=1S/C6H10N4O/c1-7-10-5-6(11-2)9-4-3-8-5/h3-4,7H,1-2H3,(H,8,10). The molecule has 0 saturated heterocycles. The van der Waals surface area contributed by atoms with Gasteiger partial charge >= 0.3 is 0 Å². The highest BCUT2D eigenvalue weighted by Crippen LogP contribution is 2.14. The van der Waals surface area contributed by atoms with Gasteiger partial charge in [-0.2, -0.15) is 0 Å². The Hall–Kier alpha value is -1.36. The van der Waals surface area contributed by atoms with Crippen LogP contribution in [0.4, 0.5) is 5.82 Å². The highest BCUT2D eigenvalue weighted by Gasteiger charge is 2.01. The average molecular weight is 154 g/mol. The van der Waals surface area contributed by atoms with E-state index in [2.05, 4.69) is 20.8 Å². The van der Waals surface area contributed by atoms with Gasteiger partial charge in [0.1, 0.15) is 0 Å². The topological polar surface area (TPSA) is 59.1 Å². The van der Waals surface area contributed by atoms with Crippen LogP contribution in [0.1, 0.15) is 0 Å². The summed E-state index contributed by atoms with van der Waals surface area (Å²) in [6.45, 7) is 0. The summed E-state index contributed by atoms with van der Waals surface area (Å²) in [5, 5.41) is 0. The Kier molecular flexibility index (Phi) is 2.62. The highest BCUT2D eigenvalue weighted by atomic mass is 16.5. The summed E-state index contributed by atoms with van der Waals surface area (Å²) in [5.41, 5.74) is 5.50. The molecule has 0 saturated carbocycles. The number of rotatable bonds is 3. The van der Waals surface area contributed by atoms with Gasteiger partial charge in [-0.3, -0.25) is 0 Å². The fraction of sp³-hybridized carbons (Fsp3) is 0.333. The smallest absolute Gasteiger partial charge is 0.258 e.